The third-order valence-electron chi connectivity index (χ3n) is 8.12. The molecule has 3 unspecified atom stereocenters. The van der Waals surface area contributed by atoms with Crippen molar-refractivity contribution in [3.05, 3.63) is 29.8 Å². The van der Waals surface area contributed by atoms with Crippen LogP contribution >= 0.6 is 0 Å². The van der Waals surface area contributed by atoms with Crippen molar-refractivity contribution in [3.63, 3.8) is 0 Å². The van der Waals surface area contributed by atoms with Gasteiger partial charge in [-0.05, 0) is 95.7 Å². The van der Waals surface area contributed by atoms with Gasteiger partial charge >= 0.3 is 0 Å². The van der Waals surface area contributed by atoms with Crippen LogP contribution in [0.2, 0.25) is 0 Å². The molecule has 0 bridgehead atoms. The fourth-order valence-electron chi connectivity index (χ4n) is 6.39. The lowest BCUT2D eigenvalue weighted by Gasteiger charge is -2.61. The zero-order valence-corrected chi connectivity index (χ0v) is 18.5. The van der Waals surface area contributed by atoms with Gasteiger partial charge < -0.3 is 9.84 Å². The summed E-state index contributed by atoms with van der Waals surface area (Å²) in [4.78, 5) is 5.28. The number of ether oxygens (including phenoxy) is 1. The van der Waals surface area contributed by atoms with Crippen molar-refractivity contribution in [1.29, 1.82) is 0 Å². The van der Waals surface area contributed by atoms with Gasteiger partial charge in [0.1, 0.15) is 11.4 Å². The summed E-state index contributed by atoms with van der Waals surface area (Å²) < 4.78 is 5.49. The van der Waals surface area contributed by atoms with Crippen molar-refractivity contribution in [1.82, 2.24) is 9.80 Å². The second-order valence-corrected chi connectivity index (χ2v) is 9.78. The van der Waals surface area contributed by atoms with E-state index in [1.807, 2.05) is 6.07 Å². The molecule has 3 fully saturated rings. The number of likely N-dealkylation sites (tertiary alicyclic amines) is 2. The van der Waals surface area contributed by atoms with Crippen LogP contribution in [0.1, 0.15) is 70.3 Å². The Morgan fingerprint density at radius 3 is 2.38 bits per heavy atom. The van der Waals surface area contributed by atoms with E-state index in [9.17, 15) is 5.11 Å². The van der Waals surface area contributed by atoms with E-state index in [1.165, 1.54) is 50.5 Å². The van der Waals surface area contributed by atoms with E-state index in [-0.39, 0.29) is 11.6 Å². The Morgan fingerprint density at radius 1 is 1.00 bits per heavy atom. The minimum Gasteiger partial charge on any atom is -0.497 e. The lowest BCUT2D eigenvalue weighted by atomic mass is 9.63. The van der Waals surface area contributed by atoms with Gasteiger partial charge in [-0.3, -0.25) is 9.80 Å². The molecule has 1 N–H and O–H groups in total. The Kier molecular flexibility index (Phi) is 6.53. The van der Waals surface area contributed by atoms with E-state index >= 15 is 0 Å². The third kappa shape index (κ3) is 4.08. The molecule has 29 heavy (non-hydrogen) atoms. The largest absolute Gasteiger partial charge is 0.497 e. The number of hydrogen-bond acceptors (Lipinski definition) is 4. The SMILES string of the molecule is COc1cccc(CC2(O)C(N3CCCCC3)CCCC2(C)N2CCCCC2)c1. The first-order valence-corrected chi connectivity index (χ1v) is 11.9. The maximum Gasteiger partial charge on any atom is 0.119 e. The molecule has 1 aliphatic carbocycles. The quantitative estimate of drug-likeness (QED) is 0.801. The van der Waals surface area contributed by atoms with Gasteiger partial charge in [-0.25, -0.2) is 0 Å². The van der Waals surface area contributed by atoms with Crippen LogP contribution in [0.15, 0.2) is 24.3 Å². The van der Waals surface area contributed by atoms with Gasteiger partial charge in [0.2, 0.25) is 0 Å². The molecule has 4 heteroatoms. The number of aliphatic hydroxyl groups is 1. The molecule has 4 rings (SSSR count). The summed E-state index contributed by atoms with van der Waals surface area (Å²) in [6.07, 6.45) is 11.9. The number of benzene rings is 1. The molecule has 2 aliphatic heterocycles. The van der Waals surface area contributed by atoms with E-state index in [4.69, 9.17) is 4.74 Å². The summed E-state index contributed by atoms with van der Waals surface area (Å²) in [5.41, 5.74) is 0.280. The Hall–Kier alpha value is -1.10. The van der Waals surface area contributed by atoms with E-state index in [1.54, 1.807) is 7.11 Å². The monoisotopic (exact) mass is 400 g/mol. The number of piperidine rings is 2. The molecule has 0 amide bonds. The second kappa shape index (κ2) is 8.95. The molecule has 2 saturated heterocycles. The molecular weight excluding hydrogens is 360 g/mol. The maximum absolute atomic E-state index is 12.6. The molecular formula is C25H40N2O2. The van der Waals surface area contributed by atoms with Gasteiger partial charge in [0.05, 0.1) is 7.11 Å². The van der Waals surface area contributed by atoms with Gasteiger partial charge in [-0.1, -0.05) is 25.0 Å². The van der Waals surface area contributed by atoms with Gasteiger partial charge in [-0.15, -0.1) is 0 Å². The first-order valence-electron chi connectivity index (χ1n) is 11.9. The van der Waals surface area contributed by atoms with Gasteiger partial charge in [0.25, 0.3) is 0 Å². The standard InChI is InChI=1S/C25H40N2O2/c1-24(27-17-7-4-8-18-27)14-10-13-23(26-15-5-3-6-16-26)25(24,28)20-21-11-9-12-22(19-21)29-2/h9,11-12,19,23,28H,3-8,10,13-18,20H2,1-2H3. The zero-order valence-electron chi connectivity index (χ0n) is 18.5. The number of methoxy groups -OCH3 is 1. The highest BCUT2D eigenvalue weighted by Gasteiger charge is 2.58. The number of nitrogens with zero attached hydrogens (tertiary/aromatic N) is 2. The highest BCUT2D eigenvalue weighted by molar-refractivity contribution is 5.31. The number of hydrogen-bond donors (Lipinski definition) is 1. The zero-order chi connectivity index (χ0) is 20.3. The average Bonchev–Trinajstić information content (AvgIpc) is 2.77. The minimum absolute atomic E-state index is 0.170. The molecule has 0 aromatic heterocycles. The lowest BCUT2D eigenvalue weighted by molar-refractivity contribution is -0.177. The molecule has 0 spiro atoms. The normalized spacial score (nSPS) is 34.8. The van der Waals surface area contributed by atoms with Gasteiger partial charge in [0.15, 0.2) is 0 Å². The molecule has 1 saturated carbocycles. The highest BCUT2D eigenvalue weighted by atomic mass is 16.5. The van der Waals surface area contributed by atoms with Gasteiger partial charge in [-0.2, -0.15) is 0 Å². The van der Waals surface area contributed by atoms with E-state index in [2.05, 4.69) is 34.9 Å². The van der Waals surface area contributed by atoms with Crippen LogP contribution in [-0.2, 0) is 6.42 Å². The summed E-state index contributed by atoms with van der Waals surface area (Å²) >= 11 is 0. The molecule has 3 atom stereocenters. The second-order valence-electron chi connectivity index (χ2n) is 9.78. The molecule has 2 heterocycles. The summed E-state index contributed by atoms with van der Waals surface area (Å²) in [7, 11) is 1.73. The predicted molar refractivity (Wildman–Crippen MR) is 119 cm³/mol. The van der Waals surface area contributed by atoms with E-state index < -0.39 is 5.60 Å². The first kappa shape index (κ1) is 21.1. The van der Waals surface area contributed by atoms with Crippen molar-refractivity contribution in [2.45, 2.75) is 88.3 Å². The van der Waals surface area contributed by atoms with Crippen LogP contribution in [0.3, 0.4) is 0 Å². The Morgan fingerprint density at radius 2 is 1.69 bits per heavy atom. The van der Waals surface area contributed by atoms with Crippen molar-refractivity contribution >= 4 is 0 Å². The molecule has 3 aliphatic rings. The molecule has 162 valence electrons. The molecule has 1 aromatic rings. The van der Waals surface area contributed by atoms with Crippen LogP contribution < -0.4 is 4.74 Å². The summed E-state index contributed by atoms with van der Waals surface area (Å²) in [5.74, 6) is 0.885. The third-order valence-corrected chi connectivity index (χ3v) is 8.12. The first-order chi connectivity index (χ1) is 14.1. The minimum atomic E-state index is -0.744. The fraction of sp³-hybridized carbons (Fsp3) is 0.760. The maximum atomic E-state index is 12.6. The van der Waals surface area contributed by atoms with Crippen molar-refractivity contribution in [2.24, 2.45) is 0 Å². The summed E-state index contributed by atoms with van der Waals surface area (Å²) in [6, 6.07) is 8.60. The van der Waals surface area contributed by atoms with E-state index in [0.717, 1.165) is 44.8 Å². The average molecular weight is 401 g/mol. The smallest absolute Gasteiger partial charge is 0.119 e. The Bertz CT molecular complexity index is 669. The fourth-order valence-corrected chi connectivity index (χ4v) is 6.39. The lowest BCUT2D eigenvalue weighted by Crippen LogP contribution is -2.73. The van der Waals surface area contributed by atoms with Crippen molar-refractivity contribution < 1.29 is 9.84 Å². The predicted octanol–water partition coefficient (Wildman–Crippen LogP) is 4.25. The number of rotatable bonds is 5. The van der Waals surface area contributed by atoms with Crippen LogP contribution in [0, 0.1) is 0 Å². The van der Waals surface area contributed by atoms with Crippen molar-refractivity contribution in [2.75, 3.05) is 33.3 Å². The summed E-state index contributed by atoms with van der Waals surface area (Å²) in [6.45, 7) is 6.91. The Balaban J connectivity index is 1.70. The Labute approximate surface area is 177 Å². The van der Waals surface area contributed by atoms with Crippen LogP contribution in [-0.4, -0.2) is 65.4 Å². The molecule has 0 radical (unpaired) electrons. The molecule has 4 nitrogen and oxygen atoms in total. The van der Waals surface area contributed by atoms with Gasteiger partial charge in [0, 0.05) is 18.0 Å². The van der Waals surface area contributed by atoms with Crippen LogP contribution in [0.25, 0.3) is 0 Å². The summed E-state index contributed by atoms with van der Waals surface area (Å²) in [5, 5.41) is 12.6. The van der Waals surface area contributed by atoms with Crippen molar-refractivity contribution in [3.8, 4) is 5.75 Å². The van der Waals surface area contributed by atoms with Crippen LogP contribution in [0.5, 0.6) is 5.75 Å². The van der Waals surface area contributed by atoms with E-state index in [0.29, 0.717) is 6.42 Å². The van der Waals surface area contributed by atoms with Crippen LogP contribution in [0.4, 0.5) is 0 Å². The highest BCUT2D eigenvalue weighted by Crippen LogP contribution is 2.47. The molecule has 1 aromatic carbocycles. The topological polar surface area (TPSA) is 35.9 Å².